The van der Waals surface area contributed by atoms with Crippen LogP contribution in [-0.4, -0.2) is 34.2 Å². The van der Waals surface area contributed by atoms with E-state index >= 15 is 4.21 Å². The first-order valence-electron chi connectivity index (χ1n) is 16.8. The molecule has 0 aliphatic carbocycles. The van der Waals surface area contributed by atoms with Gasteiger partial charge in [-0.2, -0.15) is 4.21 Å². The van der Waals surface area contributed by atoms with Crippen LogP contribution in [0.5, 0.6) is 0 Å². The molecule has 1 unspecified atom stereocenters. The van der Waals surface area contributed by atoms with Crippen LogP contribution in [0.25, 0.3) is 0 Å². The van der Waals surface area contributed by atoms with Crippen molar-refractivity contribution in [3.63, 3.8) is 0 Å². The van der Waals surface area contributed by atoms with Crippen molar-refractivity contribution < 1.29 is 36.0 Å². The number of carbonyl (C=O) groups excluding carboxylic acids is 1. The van der Waals surface area contributed by atoms with Gasteiger partial charge in [-0.05, 0) is 115 Å². The molecule has 0 spiro atoms. The molecule has 0 aliphatic rings. The fourth-order valence-corrected chi connectivity index (χ4v) is 10.2. The summed E-state index contributed by atoms with van der Waals surface area (Å²) in [6.45, 7) is 1.65. The maximum absolute atomic E-state index is 16.1. The highest BCUT2D eigenvalue weighted by atomic mass is 35.5. The summed E-state index contributed by atoms with van der Waals surface area (Å²) in [6.07, 6.45) is -0.892. The molecular formula is C42H35BClF3O5S. The molecule has 1 atom stereocenters. The third-order valence-corrected chi connectivity index (χ3v) is 13.3. The Bertz CT molecular complexity index is 2070. The molecule has 0 heterocycles. The average Bonchev–Trinajstić information content (AvgIpc) is 3.16. The van der Waals surface area contributed by atoms with E-state index in [-0.39, 0.29) is 21.8 Å². The van der Waals surface area contributed by atoms with Gasteiger partial charge < -0.3 is 9.68 Å². The summed E-state index contributed by atoms with van der Waals surface area (Å²) >= 11 is 6.08. The van der Waals surface area contributed by atoms with Gasteiger partial charge in [0, 0.05) is 22.1 Å². The van der Waals surface area contributed by atoms with E-state index < -0.39 is 57.2 Å². The molecular weight excluding hydrogens is 720 g/mol. The predicted octanol–water partition coefficient (Wildman–Crippen LogP) is 9.62. The first-order valence-corrected chi connectivity index (χ1v) is 19.2. The van der Waals surface area contributed by atoms with Crippen molar-refractivity contribution in [3.8, 4) is 0 Å². The van der Waals surface area contributed by atoms with Crippen molar-refractivity contribution in [2.24, 2.45) is 0 Å². The number of Topliss-reactive ketones (excluding diaryl/α,β-unsaturated/α-hetero) is 1. The van der Waals surface area contributed by atoms with E-state index in [1.165, 1.54) is 48.5 Å². The summed E-state index contributed by atoms with van der Waals surface area (Å²) < 4.78 is 71.3. The highest BCUT2D eigenvalue weighted by Gasteiger charge is 2.45. The second-order valence-electron chi connectivity index (χ2n) is 12.7. The normalized spacial score (nSPS) is 13.1. The Morgan fingerprint density at radius 1 is 0.679 bits per heavy atom. The number of halogens is 4. The highest BCUT2D eigenvalue weighted by molar-refractivity contribution is 8.17. The van der Waals surface area contributed by atoms with Crippen molar-refractivity contribution in [3.05, 3.63) is 202 Å². The molecule has 0 saturated heterocycles. The van der Waals surface area contributed by atoms with E-state index in [0.717, 1.165) is 0 Å². The standard InChI is InChI=1S/C42H35BClF3O5S/c1-30(28-42(32-14-22-36(45)23-15-32,33-16-24-37(46)25-17-33)34-18-26-38(47)27-19-34)51-43(49)52-53(50,39-8-4-2-5-9-39,40-10-6-3-7-11-40)29-41(48)31-12-20-35(44)21-13-31/h2-27,30,49H,28-29H2,1H3. The van der Waals surface area contributed by atoms with Crippen molar-refractivity contribution in [2.75, 3.05) is 5.75 Å². The summed E-state index contributed by atoms with van der Waals surface area (Å²) in [4.78, 5) is 14.2. The van der Waals surface area contributed by atoms with Gasteiger partial charge in [0.25, 0.3) is 0 Å². The Morgan fingerprint density at radius 2 is 1.08 bits per heavy atom. The van der Waals surface area contributed by atoms with Crippen LogP contribution in [0.3, 0.4) is 0 Å². The predicted molar refractivity (Wildman–Crippen MR) is 202 cm³/mol. The van der Waals surface area contributed by atoms with Gasteiger partial charge in [0.2, 0.25) is 0 Å². The van der Waals surface area contributed by atoms with E-state index in [1.54, 1.807) is 116 Å². The number of carbonyl (C=O) groups is 1. The summed E-state index contributed by atoms with van der Waals surface area (Å²) in [5.74, 6) is -2.65. The SMILES string of the molecule is CC(CC(c1ccc(F)cc1)(c1ccc(F)cc1)c1ccc(F)cc1)OB(O)OS(=O)(CC(=O)c1ccc(Cl)cc1)(c1ccccc1)c1ccccc1. The first-order chi connectivity index (χ1) is 25.4. The number of hydrogen-bond donors (Lipinski definition) is 1. The topological polar surface area (TPSA) is 72.8 Å². The van der Waals surface area contributed by atoms with E-state index in [4.69, 9.17) is 20.4 Å². The Hall–Kier alpha value is -4.84. The van der Waals surface area contributed by atoms with E-state index in [2.05, 4.69) is 0 Å². The van der Waals surface area contributed by atoms with Crippen LogP contribution in [0.15, 0.2) is 168 Å². The first kappa shape index (κ1) is 37.9. The lowest BCUT2D eigenvalue weighted by molar-refractivity contribution is 0.101. The van der Waals surface area contributed by atoms with Crippen LogP contribution >= 0.6 is 11.6 Å². The molecule has 11 heteroatoms. The number of benzene rings is 6. The largest absolute Gasteiger partial charge is 0.657 e. The minimum Gasteiger partial charge on any atom is -0.401 e. The molecule has 6 aromatic carbocycles. The van der Waals surface area contributed by atoms with Gasteiger partial charge in [0.15, 0.2) is 5.78 Å². The average molecular weight is 755 g/mol. The highest BCUT2D eigenvalue weighted by Crippen LogP contribution is 2.47. The summed E-state index contributed by atoms with van der Waals surface area (Å²) in [5, 5.41) is 12.1. The lowest BCUT2D eigenvalue weighted by atomic mass is 9.66. The zero-order valence-electron chi connectivity index (χ0n) is 28.6. The molecule has 0 aromatic heterocycles. The third-order valence-electron chi connectivity index (χ3n) is 9.24. The Labute approximate surface area is 311 Å². The molecule has 1 N–H and O–H groups in total. The molecule has 53 heavy (non-hydrogen) atoms. The van der Waals surface area contributed by atoms with Gasteiger partial charge in [0.1, 0.15) is 23.2 Å². The fourth-order valence-electron chi connectivity index (χ4n) is 6.73. The molecule has 6 aromatic rings. The smallest absolute Gasteiger partial charge is 0.401 e. The second-order valence-corrected chi connectivity index (χ2v) is 16.6. The maximum atomic E-state index is 16.1. The van der Waals surface area contributed by atoms with Crippen LogP contribution in [0, 0.1) is 17.5 Å². The Kier molecular flexibility index (Phi) is 11.2. The van der Waals surface area contributed by atoms with Gasteiger partial charge in [-0.15, -0.1) is 9.35 Å². The van der Waals surface area contributed by atoms with Gasteiger partial charge in [0.05, 0.1) is 9.79 Å². The Morgan fingerprint density at radius 3 is 1.47 bits per heavy atom. The van der Waals surface area contributed by atoms with Gasteiger partial charge in [-0.3, -0.25) is 8.90 Å². The minimum absolute atomic E-state index is 0.0308. The van der Waals surface area contributed by atoms with Crippen LogP contribution < -0.4 is 0 Å². The fraction of sp³-hybridized carbons (Fsp3) is 0.119. The molecule has 5 nitrogen and oxygen atoms in total. The molecule has 0 aliphatic heterocycles. The van der Waals surface area contributed by atoms with Gasteiger partial charge in [-0.25, -0.2) is 13.2 Å². The van der Waals surface area contributed by atoms with Crippen LogP contribution in [0.4, 0.5) is 13.2 Å². The lowest BCUT2D eigenvalue weighted by Crippen LogP contribution is -2.49. The zero-order chi connectivity index (χ0) is 37.7. The van der Waals surface area contributed by atoms with Crippen molar-refractivity contribution in [1.29, 1.82) is 0 Å². The third kappa shape index (κ3) is 7.93. The quantitative estimate of drug-likeness (QED) is 0.0682. The van der Waals surface area contributed by atoms with Crippen LogP contribution in [-0.2, 0) is 23.5 Å². The molecule has 0 fully saturated rings. The maximum Gasteiger partial charge on any atom is 0.657 e. The van der Waals surface area contributed by atoms with Crippen molar-refractivity contribution >= 4 is 34.1 Å². The summed E-state index contributed by atoms with van der Waals surface area (Å²) in [7, 11) is -7.17. The number of rotatable bonds is 14. The van der Waals surface area contributed by atoms with Crippen molar-refractivity contribution in [1.82, 2.24) is 0 Å². The van der Waals surface area contributed by atoms with Crippen LogP contribution in [0.2, 0.25) is 5.02 Å². The molecule has 0 radical (unpaired) electrons. The molecule has 0 bridgehead atoms. The molecule has 6 rings (SSSR count). The molecule has 0 saturated carbocycles. The van der Waals surface area contributed by atoms with E-state index in [1.807, 2.05) is 0 Å². The van der Waals surface area contributed by atoms with Crippen molar-refractivity contribution in [2.45, 2.75) is 34.7 Å². The van der Waals surface area contributed by atoms with Gasteiger partial charge >= 0.3 is 7.32 Å². The minimum atomic E-state index is -5.01. The number of hydrogen-bond acceptors (Lipinski definition) is 5. The summed E-state index contributed by atoms with van der Waals surface area (Å²) in [6, 6.07) is 39.7. The van der Waals surface area contributed by atoms with E-state index in [9.17, 15) is 23.0 Å². The zero-order valence-corrected chi connectivity index (χ0v) is 30.2. The summed E-state index contributed by atoms with van der Waals surface area (Å²) in [5.41, 5.74) is 0.764. The Balaban J connectivity index is 1.43. The van der Waals surface area contributed by atoms with E-state index in [0.29, 0.717) is 21.7 Å². The molecule has 270 valence electrons. The molecule has 0 amide bonds. The number of ketones is 1. The lowest BCUT2D eigenvalue weighted by Gasteiger charge is -2.48. The van der Waals surface area contributed by atoms with Crippen LogP contribution in [0.1, 0.15) is 40.4 Å². The second kappa shape index (κ2) is 15.6. The monoisotopic (exact) mass is 754 g/mol. The van der Waals surface area contributed by atoms with Gasteiger partial charge in [-0.1, -0.05) is 84.4 Å².